The molecule has 0 saturated carbocycles. The van der Waals surface area contributed by atoms with Crippen molar-refractivity contribution < 1.29 is 0 Å². The third kappa shape index (κ3) is 3.30. The highest BCUT2D eigenvalue weighted by atomic mass is 14.6. The van der Waals surface area contributed by atoms with Crippen LogP contribution < -0.4 is 11.5 Å². The molecule has 94 valence electrons. The predicted octanol–water partition coefficient (Wildman–Crippen LogP) is 2.03. The highest BCUT2D eigenvalue weighted by molar-refractivity contribution is 5.33. The first kappa shape index (κ1) is 12.6. The molecule has 0 spiro atoms. The summed E-state index contributed by atoms with van der Waals surface area (Å²) in [5.74, 6) is 0.478. The van der Waals surface area contributed by atoms with Crippen molar-refractivity contribution in [1.29, 1.82) is 0 Å². The molecule has 17 heavy (non-hydrogen) atoms. The first-order chi connectivity index (χ1) is 8.33. The molecule has 0 fully saturated rings. The van der Waals surface area contributed by atoms with Gasteiger partial charge in [-0.2, -0.15) is 0 Å². The van der Waals surface area contributed by atoms with Crippen LogP contribution in [0.5, 0.6) is 0 Å². The fourth-order valence-corrected chi connectivity index (χ4v) is 2.65. The van der Waals surface area contributed by atoms with Crippen LogP contribution in [-0.4, -0.2) is 13.1 Å². The van der Waals surface area contributed by atoms with Gasteiger partial charge in [-0.05, 0) is 74.2 Å². The first-order valence-electron chi connectivity index (χ1n) is 6.84. The van der Waals surface area contributed by atoms with Crippen molar-refractivity contribution in [2.24, 2.45) is 17.4 Å². The standard InChI is InChI=1S/C15H24N2/c16-10-13(11-17)6-5-12-7-8-14-3-1-2-4-15(14)9-12/h7-9,13H,1-6,10-11,16-17H2. The Morgan fingerprint density at radius 3 is 2.41 bits per heavy atom. The summed E-state index contributed by atoms with van der Waals surface area (Å²) < 4.78 is 0. The Balaban J connectivity index is 1.97. The average molecular weight is 232 g/mol. The molecular weight excluding hydrogens is 208 g/mol. The van der Waals surface area contributed by atoms with E-state index in [1.807, 2.05) is 0 Å². The molecule has 0 bridgehead atoms. The van der Waals surface area contributed by atoms with Crippen LogP contribution in [0.15, 0.2) is 18.2 Å². The van der Waals surface area contributed by atoms with Gasteiger partial charge in [-0.15, -0.1) is 0 Å². The van der Waals surface area contributed by atoms with Gasteiger partial charge in [-0.25, -0.2) is 0 Å². The van der Waals surface area contributed by atoms with Crippen molar-refractivity contribution in [2.45, 2.75) is 38.5 Å². The Bertz CT molecular complexity index is 356. The second-order valence-corrected chi connectivity index (χ2v) is 5.19. The van der Waals surface area contributed by atoms with E-state index < -0.39 is 0 Å². The second kappa shape index (κ2) is 6.18. The lowest BCUT2D eigenvalue weighted by atomic mass is 9.89. The van der Waals surface area contributed by atoms with Crippen LogP contribution in [0, 0.1) is 5.92 Å². The van der Waals surface area contributed by atoms with Gasteiger partial charge in [0.05, 0.1) is 0 Å². The quantitative estimate of drug-likeness (QED) is 0.816. The van der Waals surface area contributed by atoms with Gasteiger partial charge >= 0.3 is 0 Å². The largest absolute Gasteiger partial charge is 0.330 e. The molecular formula is C15H24N2. The molecule has 2 rings (SSSR count). The third-order valence-corrected chi connectivity index (χ3v) is 3.92. The van der Waals surface area contributed by atoms with Crippen LogP contribution in [0.1, 0.15) is 36.0 Å². The van der Waals surface area contributed by atoms with Crippen molar-refractivity contribution in [1.82, 2.24) is 0 Å². The zero-order valence-electron chi connectivity index (χ0n) is 10.6. The Labute approximate surface area is 104 Å². The maximum absolute atomic E-state index is 5.68. The van der Waals surface area contributed by atoms with Crippen molar-refractivity contribution in [2.75, 3.05) is 13.1 Å². The minimum absolute atomic E-state index is 0.478. The van der Waals surface area contributed by atoms with Gasteiger partial charge in [0.25, 0.3) is 0 Å². The summed E-state index contributed by atoms with van der Waals surface area (Å²) in [6, 6.07) is 7.01. The SMILES string of the molecule is NCC(CN)CCc1ccc2c(c1)CCCC2. The fourth-order valence-electron chi connectivity index (χ4n) is 2.65. The van der Waals surface area contributed by atoms with E-state index in [0.717, 1.165) is 12.8 Å². The van der Waals surface area contributed by atoms with Crippen LogP contribution in [0.2, 0.25) is 0 Å². The summed E-state index contributed by atoms with van der Waals surface area (Å²) in [6.07, 6.45) is 7.47. The Morgan fingerprint density at radius 2 is 1.71 bits per heavy atom. The lowest BCUT2D eigenvalue weighted by Crippen LogP contribution is -2.23. The van der Waals surface area contributed by atoms with Crippen LogP contribution in [-0.2, 0) is 19.3 Å². The minimum Gasteiger partial charge on any atom is -0.330 e. The van der Waals surface area contributed by atoms with E-state index >= 15 is 0 Å². The van der Waals surface area contributed by atoms with E-state index in [9.17, 15) is 0 Å². The molecule has 1 aliphatic carbocycles. The normalized spacial score (nSPS) is 15.0. The lowest BCUT2D eigenvalue weighted by Gasteiger charge is -2.17. The zero-order valence-corrected chi connectivity index (χ0v) is 10.6. The molecule has 0 aliphatic heterocycles. The van der Waals surface area contributed by atoms with Gasteiger partial charge in [-0.3, -0.25) is 0 Å². The zero-order chi connectivity index (χ0) is 12.1. The number of benzene rings is 1. The van der Waals surface area contributed by atoms with Crippen LogP contribution >= 0.6 is 0 Å². The summed E-state index contributed by atoms with van der Waals surface area (Å²) in [6.45, 7) is 1.42. The number of nitrogens with two attached hydrogens (primary N) is 2. The number of fused-ring (bicyclic) bond motifs is 1. The van der Waals surface area contributed by atoms with Crippen molar-refractivity contribution >= 4 is 0 Å². The molecule has 0 atom stereocenters. The van der Waals surface area contributed by atoms with E-state index in [2.05, 4.69) is 18.2 Å². The van der Waals surface area contributed by atoms with Gasteiger partial charge in [-0.1, -0.05) is 18.2 Å². The van der Waals surface area contributed by atoms with Gasteiger partial charge in [0.2, 0.25) is 0 Å². The maximum Gasteiger partial charge on any atom is -0.00367 e. The molecule has 1 aromatic carbocycles. The number of rotatable bonds is 5. The maximum atomic E-state index is 5.68. The second-order valence-electron chi connectivity index (χ2n) is 5.19. The molecule has 1 aromatic rings. The van der Waals surface area contributed by atoms with Gasteiger partial charge in [0.1, 0.15) is 0 Å². The Morgan fingerprint density at radius 1 is 1.00 bits per heavy atom. The van der Waals surface area contributed by atoms with Crippen LogP contribution in [0.4, 0.5) is 0 Å². The summed E-state index contributed by atoms with van der Waals surface area (Å²) >= 11 is 0. The summed E-state index contributed by atoms with van der Waals surface area (Å²) in [5, 5.41) is 0. The lowest BCUT2D eigenvalue weighted by molar-refractivity contribution is 0.507. The fraction of sp³-hybridized carbons (Fsp3) is 0.600. The topological polar surface area (TPSA) is 52.0 Å². The van der Waals surface area contributed by atoms with Gasteiger partial charge < -0.3 is 11.5 Å². The summed E-state index contributed by atoms with van der Waals surface area (Å²) in [5.41, 5.74) is 16.0. The van der Waals surface area contributed by atoms with E-state index in [0.29, 0.717) is 19.0 Å². The molecule has 0 aromatic heterocycles. The first-order valence-corrected chi connectivity index (χ1v) is 6.84. The molecule has 4 N–H and O–H groups in total. The monoisotopic (exact) mass is 232 g/mol. The van der Waals surface area contributed by atoms with E-state index in [4.69, 9.17) is 11.5 Å². The average Bonchev–Trinajstić information content (AvgIpc) is 2.40. The highest BCUT2D eigenvalue weighted by Crippen LogP contribution is 2.23. The molecule has 2 heteroatoms. The van der Waals surface area contributed by atoms with Crippen molar-refractivity contribution in [3.63, 3.8) is 0 Å². The Hall–Kier alpha value is -0.860. The van der Waals surface area contributed by atoms with Crippen LogP contribution in [0.25, 0.3) is 0 Å². The Kier molecular flexibility index (Phi) is 4.57. The molecule has 2 nitrogen and oxygen atoms in total. The molecule has 0 unspecified atom stereocenters. The number of aryl methyl sites for hydroxylation is 3. The summed E-state index contributed by atoms with van der Waals surface area (Å²) in [4.78, 5) is 0. The molecule has 0 radical (unpaired) electrons. The molecule has 0 heterocycles. The smallest absolute Gasteiger partial charge is 0.00367 e. The molecule has 0 amide bonds. The summed E-state index contributed by atoms with van der Waals surface area (Å²) in [7, 11) is 0. The van der Waals surface area contributed by atoms with Crippen molar-refractivity contribution in [3.8, 4) is 0 Å². The van der Waals surface area contributed by atoms with E-state index in [1.165, 1.54) is 31.2 Å². The van der Waals surface area contributed by atoms with E-state index in [-0.39, 0.29) is 0 Å². The van der Waals surface area contributed by atoms with Gasteiger partial charge in [0.15, 0.2) is 0 Å². The van der Waals surface area contributed by atoms with E-state index in [1.54, 1.807) is 11.1 Å². The highest BCUT2D eigenvalue weighted by Gasteiger charge is 2.10. The van der Waals surface area contributed by atoms with Gasteiger partial charge in [0, 0.05) is 0 Å². The molecule has 1 aliphatic rings. The third-order valence-electron chi connectivity index (χ3n) is 3.92. The molecule has 0 saturated heterocycles. The van der Waals surface area contributed by atoms with Crippen LogP contribution in [0.3, 0.4) is 0 Å². The predicted molar refractivity (Wildman–Crippen MR) is 73.0 cm³/mol. The minimum atomic E-state index is 0.478. The number of hydrogen-bond acceptors (Lipinski definition) is 2. The number of hydrogen-bond donors (Lipinski definition) is 2. The van der Waals surface area contributed by atoms with Crippen molar-refractivity contribution in [3.05, 3.63) is 34.9 Å².